The quantitative estimate of drug-likeness (QED) is 0.741. The van der Waals surface area contributed by atoms with Crippen LogP contribution in [-0.2, 0) is 9.59 Å². The van der Waals surface area contributed by atoms with Crippen LogP contribution in [0.3, 0.4) is 0 Å². The van der Waals surface area contributed by atoms with E-state index in [0.29, 0.717) is 18.9 Å². The van der Waals surface area contributed by atoms with Gasteiger partial charge in [-0.15, -0.1) is 0 Å². The number of hydrogen-bond donors (Lipinski definition) is 3. The van der Waals surface area contributed by atoms with Crippen molar-refractivity contribution in [3.8, 4) is 0 Å². The van der Waals surface area contributed by atoms with Crippen molar-refractivity contribution in [2.24, 2.45) is 0 Å². The van der Waals surface area contributed by atoms with Gasteiger partial charge in [0.25, 0.3) is 0 Å². The van der Waals surface area contributed by atoms with Gasteiger partial charge in [-0.25, -0.2) is 8.78 Å². The van der Waals surface area contributed by atoms with Gasteiger partial charge in [-0.05, 0) is 18.9 Å². The van der Waals surface area contributed by atoms with Gasteiger partial charge in [-0.1, -0.05) is 18.9 Å². The number of carbonyl (C=O) groups excluding carboxylic acids is 2. The fourth-order valence-electron chi connectivity index (χ4n) is 3.00. The predicted molar refractivity (Wildman–Crippen MR) is 84.0 cm³/mol. The van der Waals surface area contributed by atoms with E-state index in [1.807, 2.05) is 0 Å². The second kappa shape index (κ2) is 7.70. The minimum absolute atomic E-state index is 0.0429. The van der Waals surface area contributed by atoms with Gasteiger partial charge in [0.05, 0.1) is 18.1 Å². The van der Waals surface area contributed by atoms with Crippen molar-refractivity contribution in [1.82, 2.24) is 10.6 Å². The monoisotopic (exact) mass is 340 g/mol. The van der Waals surface area contributed by atoms with Crippen LogP contribution < -0.4 is 10.6 Å². The third kappa shape index (κ3) is 4.99. The topological polar surface area (TPSA) is 78.4 Å². The lowest BCUT2D eigenvalue weighted by Crippen LogP contribution is -2.42. The van der Waals surface area contributed by atoms with Crippen molar-refractivity contribution in [2.45, 2.75) is 50.7 Å². The highest BCUT2D eigenvalue weighted by Crippen LogP contribution is 2.28. The van der Waals surface area contributed by atoms with Crippen molar-refractivity contribution in [2.75, 3.05) is 6.54 Å². The Hall–Kier alpha value is -2.02. The SMILES string of the molecule is CC(=O)NC(CC(=O)NCC1(O)CCCC1)c1ccc(F)cc1F. The van der Waals surface area contributed by atoms with Gasteiger partial charge in [0.1, 0.15) is 11.6 Å². The fraction of sp³-hybridized carbons (Fsp3) is 0.529. The lowest BCUT2D eigenvalue weighted by Gasteiger charge is -2.24. The maximum absolute atomic E-state index is 13.9. The first-order valence-corrected chi connectivity index (χ1v) is 8.00. The van der Waals surface area contributed by atoms with Crippen molar-refractivity contribution in [3.63, 3.8) is 0 Å². The summed E-state index contributed by atoms with van der Waals surface area (Å²) in [5, 5.41) is 15.4. The molecule has 24 heavy (non-hydrogen) atoms. The second-order valence-corrected chi connectivity index (χ2v) is 6.33. The summed E-state index contributed by atoms with van der Waals surface area (Å²) in [4.78, 5) is 23.4. The number of carbonyl (C=O) groups is 2. The number of benzene rings is 1. The average molecular weight is 340 g/mol. The summed E-state index contributed by atoms with van der Waals surface area (Å²) in [7, 11) is 0. The summed E-state index contributed by atoms with van der Waals surface area (Å²) in [6.45, 7) is 1.39. The van der Waals surface area contributed by atoms with Crippen LogP contribution in [0, 0.1) is 11.6 Å². The zero-order valence-electron chi connectivity index (χ0n) is 13.6. The molecule has 5 nitrogen and oxygen atoms in total. The van der Waals surface area contributed by atoms with E-state index >= 15 is 0 Å². The van der Waals surface area contributed by atoms with Gasteiger partial charge < -0.3 is 15.7 Å². The Morgan fingerprint density at radius 3 is 2.54 bits per heavy atom. The zero-order valence-corrected chi connectivity index (χ0v) is 13.6. The Labute approximate surface area is 139 Å². The van der Waals surface area contributed by atoms with E-state index in [2.05, 4.69) is 10.6 Å². The van der Waals surface area contributed by atoms with Crippen LogP contribution in [0.25, 0.3) is 0 Å². The van der Waals surface area contributed by atoms with Crippen LogP contribution >= 0.6 is 0 Å². The third-order valence-electron chi connectivity index (χ3n) is 4.25. The van der Waals surface area contributed by atoms with Gasteiger partial charge in [0.2, 0.25) is 11.8 Å². The van der Waals surface area contributed by atoms with Crippen LogP contribution in [-0.4, -0.2) is 29.1 Å². The first-order valence-electron chi connectivity index (χ1n) is 8.00. The molecule has 132 valence electrons. The van der Waals surface area contributed by atoms with Crippen LogP contribution in [0.5, 0.6) is 0 Å². The lowest BCUT2D eigenvalue weighted by molar-refractivity contribution is -0.123. The maximum atomic E-state index is 13.9. The molecular weight excluding hydrogens is 318 g/mol. The van der Waals surface area contributed by atoms with Crippen LogP contribution in [0.4, 0.5) is 8.78 Å². The molecule has 0 aliphatic heterocycles. The molecule has 1 aromatic rings. The summed E-state index contributed by atoms with van der Waals surface area (Å²) in [5.41, 5.74) is -0.846. The molecule has 0 heterocycles. The molecule has 1 fully saturated rings. The first-order chi connectivity index (χ1) is 11.3. The fourth-order valence-corrected chi connectivity index (χ4v) is 3.00. The van der Waals surface area contributed by atoms with Crippen molar-refractivity contribution in [1.29, 1.82) is 0 Å². The molecule has 1 aliphatic carbocycles. The molecule has 1 atom stereocenters. The maximum Gasteiger partial charge on any atom is 0.222 e. The Morgan fingerprint density at radius 1 is 1.29 bits per heavy atom. The highest BCUT2D eigenvalue weighted by molar-refractivity contribution is 5.79. The summed E-state index contributed by atoms with van der Waals surface area (Å²) in [6, 6.07) is 2.10. The molecule has 1 aromatic carbocycles. The summed E-state index contributed by atoms with van der Waals surface area (Å²) >= 11 is 0. The largest absolute Gasteiger partial charge is 0.388 e. The smallest absolute Gasteiger partial charge is 0.222 e. The van der Waals surface area contributed by atoms with E-state index in [-0.39, 0.29) is 18.5 Å². The van der Waals surface area contributed by atoms with Crippen molar-refractivity contribution in [3.05, 3.63) is 35.4 Å². The number of aliphatic hydroxyl groups is 1. The molecule has 1 aliphatic rings. The Morgan fingerprint density at radius 2 is 1.96 bits per heavy atom. The molecule has 1 saturated carbocycles. The molecule has 1 unspecified atom stereocenters. The van der Waals surface area contributed by atoms with Gasteiger partial charge in [0, 0.05) is 25.1 Å². The molecule has 0 aromatic heterocycles. The van der Waals surface area contributed by atoms with Gasteiger partial charge in [0.15, 0.2) is 0 Å². The number of halogens is 2. The molecule has 0 saturated heterocycles. The highest BCUT2D eigenvalue weighted by Gasteiger charge is 2.31. The minimum atomic E-state index is -0.902. The van der Waals surface area contributed by atoms with Gasteiger partial charge in [-0.3, -0.25) is 9.59 Å². The molecule has 0 radical (unpaired) electrons. The molecule has 2 amide bonds. The summed E-state index contributed by atoms with van der Waals surface area (Å²) in [5.74, 6) is -2.40. The first kappa shape index (κ1) is 18.3. The van der Waals surface area contributed by atoms with E-state index in [1.54, 1.807) is 0 Å². The van der Waals surface area contributed by atoms with Crippen molar-refractivity contribution < 1.29 is 23.5 Å². The van der Waals surface area contributed by atoms with E-state index in [1.165, 1.54) is 13.0 Å². The Bertz CT molecular complexity index is 616. The number of amides is 2. The van der Waals surface area contributed by atoms with Gasteiger partial charge >= 0.3 is 0 Å². The number of rotatable bonds is 6. The molecular formula is C17H22F2N2O3. The van der Waals surface area contributed by atoms with E-state index in [9.17, 15) is 23.5 Å². The standard InChI is InChI=1S/C17H22F2N2O3/c1-11(22)21-15(13-5-4-12(18)8-14(13)19)9-16(23)20-10-17(24)6-2-3-7-17/h4-5,8,15,24H,2-3,6-7,9-10H2,1H3,(H,20,23)(H,21,22). The minimum Gasteiger partial charge on any atom is -0.388 e. The highest BCUT2D eigenvalue weighted by atomic mass is 19.1. The summed E-state index contributed by atoms with van der Waals surface area (Å²) < 4.78 is 27.0. The zero-order chi connectivity index (χ0) is 17.7. The Balaban J connectivity index is 2.02. The predicted octanol–water partition coefficient (Wildman–Crippen LogP) is 1.95. The Kier molecular flexibility index (Phi) is 5.88. The lowest BCUT2D eigenvalue weighted by atomic mass is 10.0. The van der Waals surface area contributed by atoms with Crippen LogP contribution in [0.1, 0.15) is 50.6 Å². The van der Waals surface area contributed by atoms with E-state index in [0.717, 1.165) is 18.9 Å². The van der Waals surface area contributed by atoms with Crippen LogP contribution in [0.2, 0.25) is 0 Å². The van der Waals surface area contributed by atoms with Gasteiger partial charge in [-0.2, -0.15) is 0 Å². The molecule has 2 rings (SSSR count). The number of hydrogen-bond acceptors (Lipinski definition) is 3. The molecule has 7 heteroatoms. The average Bonchev–Trinajstić information content (AvgIpc) is 2.91. The third-order valence-corrected chi connectivity index (χ3v) is 4.25. The summed E-state index contributed by atoms with van der Waals surface area (Å²) in [6.07, 6.45) is 2.91. The number of nitrogens with one attached hydrogen (secondary N) is 2. The molecule has 0 bridgehead atoms. The van der Waals surface area contributed by atoms with Crippen LogP contribution in [0.15, 0.2) is 18.2 Å². The van der Waals surface area contributed by atoms with Crippen molar-refractivity contribution >= 4 is 11.8 Å². The van der Waals surface area contributed by atoms with E-state index in [4.69, 9.17) is 0 Å². The molecule has 3 N–H and O–H groups in total. The second-order valence-electron chi connectivity index (χ2n) is 6.33. The van der Waals surface area contributed by atoms with E-state index < -0.39 is 35.1 Å². The molecule has 0 spiro atoms. The normalized spacial score (nSPS) is 17.3.